The van der Waals surface area contributed by atoms with E-state index >= 15 is 0 Å². The van der Waals surface area contributed by atoms with Crippen LogP contribution in [0.3, 0.4) is 0 Å². The van der Waals surface area contributed by atoms with Gasteiger partial charge in [0.05, 0.1) is 0 Å². The van der Waals surface area contributed by atoms with Crippen molar-refractivity contribution in [3.63, 3.8) is 0 Å². The number of nitrogens with zero attached hydrogens (tertiary/aromatic N) is 1. The monoisotopic (exact) mass is 225 g/mol. The topological polar surface area (TPSA) is 20.3 Å². The standard InChI is InChI=1S/C14H27NO/c1-11(2)9-7-8-10-13(12(3)4)14(16)15(5)6/h7-8,11-13H,9-10H2,1-6H3. The Balaban J connectivity index is 4.25. The van der Waals surface area contributed by atoms with Crippen molar-refractivity contribution in [3.05, 3.63) is 12.2 Å². The van der Waals surface area contributed by atoms with Crippen molar-refractivity contribution >= 4 is 5.91 Å². The van der Waals surface area contributed by atoms with Gasteiger partial charge in [-0.15, -0.1) is 0 Å². The summed E-state index contributed by atoms with van der Waals surface area (Å²) < 4.78 is 0. The van der Waals surface area contributed by atoms with Crippen LogP contribution in [0, 0.1) is 17.8 Å². The molecule has 0 aromatic carbocycles. The first-order chi connectivity index (χ1) is 7.36. The number of hydrogen-bond donors (Lipinski definition) is 0. The second-order valence-electron chi connectivity index (χ2n) is 5.42. The van der Waals surface area contributed by atoms with E-state index in [0.717, 1.165) is 12.8 Å². The fourth-order valence-corrected chi connectivity index (χ4v) is 1.60. The van der Waals surface area contributed by atoms with E-state index in [4.69, 9.17) is 0 Å². The summed E-state index contributed by atoms with van der Waals surface area (Å²) in [6.45, 7) is 8.63. The maximum atomic E-state index is 11.9. The molecule has 0 bridgehead atoms. The number of hydrogen-bond acceptors (Lipinski definition) is 1. The van der Waals surface area contributed by atoms with E-state index in [9.17, 15) is 4.79 Å². The molecular formula is C14H27NO. The van der Waals surface area contributed by atoms with E-state index in [0.29, 0.717) is 11.8 Å². The third-order valence-electron chi connectivity index (χ3n) is 2.73. The van der Waals surface area contributed by atoms with Crippen LogP contribution in [0.15, 0.2) is 12.2 Å². The molecule has 2 heteroatoms. The molecule has 0 N–H and O–H groups in total. The minimum atomic E-state index is 0.124. The second-order valence-corrected chi connectivity index (χ2v) is 5.42. The van der Waals surface area contributed by atoms with Crippen molar-refractivity contribution in [2.45, 2.75) is 40.5 Å². The maximum absolute atomic E-state index is 11.9. The van der Waals surface area contributed by atoms with E-state index in [1.165, 1.54) is 0 Å². The van der Waals surface area contributed by atoms with Crippen molar-refractivity contribution in [3.8, 4) is 0 Å². The zero-order valence-corrected chi connectivity index (χ0v) is 11.7. The van der Waals surface area contributed by atoms with Crippen LogP contribution >= 0.6 is 0 Å². The highest BCUT2D eigenvalue weighted by Gasteiger charge is 2.21. The van der Waals surface area contributed by atoms with Crippen molar-refractivity contribution in [2.24, 2.45) is 17.8 Å². The summed E-state index contributed by atoms with van der Waals surface area (Å²) in [6.07, 6.45) is 6.32. The van der Waals surface area contributed by atoms with Crippen LogP contribution in [0.2, 0.25) is 0 Å². The number of amides is 1. The van der Waals surface area contributed by atoms with Gasteiger partial charge in [0.25, 0.3) is 0 Å². The number of carbonyl (C=O) groups excluding carboxylic acids is 1. The predicted octanol–water partition coefficient (Wildman–Crippen LogP) is 3.34. The molecule has 0 aliphatic heterocycles. The number of rotatable bonds is 6. The molecule has 1 amide bonds. The van der Waals surface area contributed by atoms with Gasteiger partial charge in [0.15, 0.2) is 0 Å². The van der Waals surface area contributed by atoms with Gasteiger partial charge in [0.2, 0.25) is 5.91 Å². The Labute approximate surface area is 101 Å². The molecular weight excluding hydrogens is 198 g/mol. The van der Waals surface area contributed by atoms with Crippen molar-refractivity contribution in [1.29, 1.82) is 0 Å². The lowest BCUT2D eigenvalue weighted by molar-refractivity contribution is -0.134. The third kappa shape index (κ3) is 5.94. The lowest BCUT2D eigenvalue weighted by Gasteiger charge is -2.22. The minimum absolute atomic E-state index is 0.124. The molecule has 0 saturated carbocycles. The smallest absolute Gasteiger partial charge is 0.225 e. The lowest BCUT2D eigenvalue weighted by Crippen LogP contribution is -2.32. The Morgan fingerprint density at radius 1 is 1.06 bits per heavy atom. The predicted molar refractivity (Wildman–Crippen MR) is 70.2 cm³/mol. The van der Waals surface area contributed by atoms with E-state index in [1.54, 1.807) is 4.90 Å². The second kappa shape index (κ2) is 7.48. The van der Waals surface area contributed by atoms with Crippen LogP contribution in [-0.4, -0.2) is 24.9 Å². The minimum Gasteiger partial charge on any atom is -0.349 e. The van der Waals surface area contributed by atoms with Crippen LogP contribution in [0.1, 0.15) is 40.5 Å². The molecule has 0 fully saturated rings. The first-order valence-electron chi connectivity index (χ1n) is 6.22. The summed E-state index contributed by atoms with van der Waals surface area (Å²) in [5.74, 6) is 1.46. The molecule has 0 aliphatic rings. The van der Waals surface area contributed by atoms with Gasteiger partial charge in [-0.1, -0.05) is 39.8 Å². The van der Waals surface area contributed by atoms with Crippen LogP contribution in [0.5, 0.6) is 0 Å². The Morgan fingerprint density at radius 2 is 1.56 bits per heavy atom. The van der Waals surface area contributed by atoms with Crippen LogP contribution in [-0.2, 0) is 4.79 Å². The quantitative estimate of drug-likeness (QED) is 0.635. The maximum Gasteiger partial charge on any atom is 0.225 e. The molecule has 16 heavy (non-hydrogen) atoms. The highest BCUT2D eigenvalue weighted by atomic mass is 16.2. The summed E-state index contributed by atoms with van der Waals surface area (Å²) in [5, 5.41) is 0. The molecule has 2 nitrogen and oxygen atoms in total. The van der Waals surface area contributed by atoms with Crippen molar-refractivity contribution < 1.29 is 4.79 Å². The van der Waals surface area contributed by atoms with Gasteiger partial charge < -0.3 is 4.90 Å². The Morgan fingerprint density at radius 3 is 1.94 bits per heavy atom. The summed E-state index contributed by atoms with van der Waals surface area (Å²) in [5.41, 5.74) is 0. The molecule has 0 spiro atoms. The van der Waals surface area contributed by atoms with Crippen molar-refractivity contribution in [1.82, 2.24) is 4.90 Å². The molecule has 0 radical (unpaired) electrons. The van der Waals surface area contributed by atoms with Crippen LogP contribution in [0.4, 0.5) is 0 Å². The first-order valence-corrected chi connectivity index (χ1v) is 6.22. The summed E-state index contributed by atoms with van der Waals surface area (Å²) >= 11 is 0. The van der Waals surface area contributed by atoms with Gasteiger partial charge in [-0.3, -0.25) is 4.79 Å². The largest absolute Gasteiger partial charge is 0.349 e. The molecule has 0 aromatic rings. The summed E-state index contributed by atoms with van der Waals surface area (Å²) in [6, 6.07) is 0. The van der Waals surface area contributed by atoms with Crippen molar-refractivity contribution in [2.75, 3.05) is 14.1 Å². The van der Waals surface area contributed by atoms with Gasteiger partial charge in [0.1, 0.15) is 0 Å². The third-order valence-corrected chi connectivity index (χ3v) is 2.73. The highest BCUT2D eigenvalue weighted by molar-refractivity contribution is 5.78. The zero-order chi connectivity index (χ0) is 12.7. The van der Waals surface area contributed by atoms with E-state index in [2.05, 4.69) is 39.8 Å². The Hall–Kier alpha value is -0.790. The van der Waals surface area contributed by atoms with Crippen LogP contribution in [0.25, 0.3) is 0 Å². The van der Waals surface area contributed by atoms with Gasteiger partial charge in [-0.2, -0.15) is 0 Å². The Bertz CT molecular complexity index is 229. The fourth-order valence-electron chi connectivity index (χ4n) is 1.60. The molecule has 1 unspecified atom stereocenters. The molecule has 0 aliphatic carbocycles. The molecule has 1 atom stereocenters. The van der Waals surface area contributed by atoms with Crippen LogP contribution < -0.4 is 0 Å². The van der Waals surface area contributed by atoms with Gasteiger partial charge in [-0.05, 0) is 24.7 Å². The number of carbonyl (C=O) groups is 1. The lowest BCUT2D eigenvalue weighted by atomic mass is 9.91. The zero-order valence-electron chi connectivity index (χ0n) is 11.7. The first kappa shape index (κ1) is 15.2. The summed E-state index contributed by atoms with van der Waals surface area (Å²) in [7, 11) is 3.66. The molecule has 0 rings (SSSR count). The van der Waals surface area contributed by atoms with E-state index in [1.807, 2.05) is 14.1 Å². The normalized spacial score (nSPS) is 13.8. The van der Waals surface area contributed by atoms with Gasteiger partial charge in [-0.25, -0.2) is 0 Å². The van der Waals surface area contributed by atoms with E-state index in [-0.39, 0.29) is 11.8 Å². The average Bonchev–Trinajstić information content (AvgIpc) is 2.15. The van der Waals surface area contributed by atoms with E-state index < -0.39 is 0 Å². The number of allylic oxidation sites excluding steroid dienone is 2. The molecule has 0 aromatic heterocycles. The molecule has 94 valence electrons. The Kier molecular flexibility index (Phi) is 7.11. The fraction of sp³-hybridized carbons (Fsp3) is 0.786. The molecule has 0 heterocycles. The van der Waals surface area contributed by atoms with Gasteiger partial charge in [0, 0.05) is 20.0 Å². The average molecular weight is 225 g/mol. The van der Waals surface area contributed by atoms with Gasteiger partial charge >= 0.3 is 0 Å². The summed E-state index contributed by atoms with van der Waals surface area (Å²) in [4.78, 5) is 13.6. The molecule has 0 saturated heterocycles. The SMILES string of the molecule is CC(C)CC=CCC(C(=O)N(C)C)C(C)C. The highest BCUT2D eigenvalue weighted by Crippen LogP contribution is 2.18.